The van der Waals surface area contributed by atoms with E-state index in [1.807, 2.05) is 12.1 Å². The van der Waals surface area contributed by atoms with E-state index in [1.165, 1.54) is 44.1 Å². The van der Waals surface area contributed by atoms with Crippen LogP contribution in [0.25, 0.3) is 0 Å². The molecule has 1 saturated heterocycles. The van der Waals surface area contributed by atoms with Gasteiger partial charge in [-0.2, -0.15) is 0 Å². The molecule has 2 nitrogen and oxygen atoms in total. The van der Waals surface area contributed by atoms with Gasteiger partial charge in [0.25, 0.3) is 0 Å². The van der Waals surface area contributed by atoms with Gasteiger partial charge in [-0.25, -0.2) is 0 Å². The Bertz CT molecular complexity index is 404. The second kappa shape index (κ2) is 5.54. The molecule has 0 bridgehead atoms. The van der Waals surface area contributed by atoms with Crippen molar-refractivity contribution >= 4 is 0 Å². The molecule has 1 aliphatic carbocycles. The summed E-state index contributed by atoms with van der Waals surface area (Å²) in [5, 5.41) is 0. The Kier molecular flexibility index (Phi) is 3.79. The number of aryl methyl sites for hydroxylation is 1. The van der Waals surface area contributed by atoms with E-state index in [2.05, 4.69) is 19.1 Å². The van der Waals surface area contributed by atoms with E-state index >= 15 is 0 Å². The Morgan fingerprint density at radius 3 is 2.58 bits per heavy atom. The van der Waals surface area contributed by atoms with E-state index in [9.17, 15) is 0 Å². The molecule has 1 unspecified atom stereocenters. The fourth-order valence-corrected chi connectivity index (χ4v) is 3.40. The van der Waals surface area contributed by atoms with Crippen LogP contribution in [-0.4, -0.2) is 18.3 Å². The van der Waals surface area contributed by atoms with Gasteiger partial charge in [0.2, 0.25) is 0 Å². The van der Waals surface area contributed by atoms with Crippen LogP contribution in [0.5, 0.6) is 5.75 Å². The first-order valence-electron chi connectivity index (χ1n) is 7.63. The first-order chi connectivity index (χ1) is 9.26. The van der Waals surface area contributed by atoms with Crippen molar-refractivity contribution in [2.24, 2.45) is 0 Å². The summed E-state index contributed by atoms with van der Waals surface area (Å²) in [6.45, 7) is 2.79. The molecular weight excluding hydrogens is 236 g/mol. The van der Waals surface area contributed by atoms with E-state index in [0.717, 1.165) is 12.2 Å². The minimum atomic E-state index is 0.208. The second-order valence-corrected chi connectivity index (χ2v) is 6.15. The molecule has 1 aliphatic heterocycles. The standard InChI is InChI=1S/C17H24O2/c1-14-5-7-15(8-6-14)18-13-16-9-12-17(19-16)10-3-2-4-11-17/h5-8,16H,2-4,9-13H2,1H3. The van der Waals surface area contributed by atoms with Crippen molar-refractivity contribution in [3.63, 3.8) is 0 Å². The Labute approximate surface area is 116 Å². The molecule has 1 aromatic carbocycles. The van der Waals surface area contributed by atoms with Crippen molar-refractivity contribution in [3.05, 3.63) is 29.8 Å². The van der Waals surface area contributed by atoms with Gasteiger partial charge in [0.15, 0.2) is 0 Å². The maximum atomic E-state index is 6.31. The highest BCUT2D eigenvalue weighted by Crippen LogP contribution is 2.41. The molecule has 2 heteroatoms. The van der Waals surface area contributed by atoms with E-state index in [1.54, 1.807) is 0 Å². The van der Waals surface area contributed by atoms with Gasteiger partial charge in [-0.15, -0.1) is 0 Å². The first kappa shape index (κ1) is 13.0. The first-order valence-corrected chi connectivity index (χ1v) is 7.63. The van der Waals surface area contributed by atoms with Crippen LogP contribution >= 0.6 is 0 Å². The van der Waals surface area contributed by atoms with Gasteiger partial charge in [0, 0.05) is 0 Å². The molecule has 0 aromatic heterocycles. The quantitative estimate of drug-likeness (QED) is 0.808. The molecule has 19 heavy (non-hydrogen) atoms. The van der Waals surface area contributed by atoms with Crippen molar-refractivity contribution < 1.29 is 9.47 Å². The zero-order valence-electron chi connectivity index (χ0n) is 11.9. The second-order valence-electron chi connectivity index (χ2n) is 6.15. The molecule has 1 atom stereocenters. The van der Waals surface area contributed by atoms with Crippen LogP contribution in [-0.2, 0) is 4.74 Å². The van der Waals surface area contributed by atoms with Crippen LogP contribution in [0.3, 0.4) is 0 Å². The summed E-state index contributed by atoms with van der Waals surface area (Å²) in [6.07, 6.45) is 9.26. The van der Waals surface area contributed by atoms with Crippen molar-refractivity contribution in [1.82, 2.24) is 0 Å². The Balaban J connectivity index is 1.50. The molecule has 0 radical (unpaired) electrons. The molecule has 0 amide bonds. The van der Waals surface area contributed by atoms with Crippen LogP contribution in [0.2, 0.25) is 0 Å². The number of benzene rings is 1. The molecule has 1 spiro atoms. The minimum absolute atomic E-state index is 0.208. The topological polar surface area (TPSA) is 18.5 Å². The zero-order chi connectivity index (χ0) is 13.1. The van der Waals surface area contributed by atoms with Gasteiger partial charge in [0.1, 0.15) is 12.4 Å². The molecular formula is C17H24O2. The van der Waals surface area contributed by atoms with Crippen LogP contribution in [0.4, 0.5) is 0 Å². The molecule has 2 aliphatic rings. The summed E-state index contributed by atoms with van der Waals surface area (Å²) in [5.74, 6) is 0.957. The Morgan fingerprint density at radius 2 is 1.84 bits per heavy atom. The van der Waals surface area contributed by atoms with Gasteiger partial charge in [-0.05, 0) is 44.7 Å². The normalized spacial score (nSPS) is 25.6. The molecule has 1 heterocycles. The lowest BCUT2D eigenvalue weighted by Gasteiger charge is -2.33. The van der Waals surface area contributed by atoms with Gasteiger partial charge in [0.05, 0.1) is 11.7 Å². The fraction of sp³-hybridized carbons (Fsp3) is 0.647. The molecule has 1 aromatic rings. The van der Waals surface area contributed by atoms with Crippen molar-refractivity contribution in [1.29, 1.82) is 0 Å². The highest BCUT2D eigenvalue weighted by atomic mass is 16.6. The molecule has 3 rings (SSSR count). The van der Waals surface area contributed by atoms with E-state index < -0.39 is 0 Å². The average molecular weight is 260 g/mol. The van der Waals surface area contributed by atoms with Crippen LogP contribution in [0, 0.1) is 6.92 Å². The van der Waals surface area contributed by atoms with E-state index in [4.69, 9.17) is 9.47 Å². The number of rotatable bonds is 3. The van der Waals surface area contributed by atoms with Gasteiger partial charge < -0.3 is 9.47 Å². The summed E-state index contributed by atoms with van der Waals surface area (Å²) < 4.78 is 12.2. The number of hydrogen-bond acceptors (Lipinski definition) is 2. The van der Waals surface area contributed by atoms with Crippen LogP contribution < -0.4 is 4.74 Å². The zero-order valence-corrected chi connectivity index (χ0v) is 11.9. The van der Waals surface area contributed by atoms with Crippen LogP contribution in [0.15, 0.2) is 24.3 Å². The van der Waals surface area contributed by atoms with Gasteiger partial charge in [-0.1, -0.05) is 37.0 Å². The SMILES string of the molecule is Cc1ccc(OCC2CCC3(CCCCC3)O2)cc1. The van der Waals surface area contributed by atoms with Crippen molar-refractivity contribution in [2.45, 2.75) is 63.6 Å². The predicted octanol–water partition coefficient (Wildman–Crippen LogP) is 4.26. The van der Waals surface area contributed by atoms with E-state index in [0.29, 0.717) is 12.7 Å². The summed E-state index contributed by atoms with van der Waals surface area (Å²) in [4.78, 5) is 0. The highest BCUT2D eigenvalue weighted by Gasteiger charge is 2.40. The maximum absolute atomic E-state index is 6.31. The Morgan fingerprint density at radius 1 is 1.11 bits per heavy atom. The predicted molar refractivity (Wildman–Crippen MR) is 76.6 cm³/mol. The van der Waals surface area contributed by atoms with Crippen molar-refractivity contribution in [3.8, 4) is 5.75 Å². The summed E-state index contributed by atoms with van der Waals surface area (Å²) in [6, 6.07) is 8.27. The lowest BCUT2D eigenvalue weighted by atomic mass is 9.83. The summed E-state index contributed by atoms with van der Waals surface area (Å²) in [5.41, 5.74) is 1.48. The summed E-state index contributed by atoms with van der Waals surface area (Å²) >= 11 is 0. The highest BCUT2D eigenvalue weighted by molar-refractivity contribution is 5.26. The van der Waals surface area contributed by atoms with Crippen molar-refractivity contribution in [2.75, 3.05) is 6.61 Å². The summed E-state index contributed by atoms with van der Waals surface area (Å²) in [7, 11) is 0. The fourth-order valence-electron chi connectivity index (χ4n) is 3.40. The van der Waals surface area contributed by atoms with Gasteiger partial charge in [-0.3, -0.25) is 0 Å². The maximum Gasteiger partial charge on any atom is 0.119 e. The lowest BCUT2D eigenvalue weighted by molar-refractivity contribution is -0.0748. The number of ether oxygens (including phenoxy) is 2. The third-order valence-electron chi connectivity index (χ3n) is 4.56. The lowest BCUT2D eigenvalue weighted by Crippen LogP contribution is -2.32. The van der Waals surface area contributed by atoms with Gasteiger partial charge >= 0.3 is 0 Å². The van der Waals surface area contributed by atoms with E-state index in [-0.39, 0.29) is 5.60 Å². The molecule has 2 fully saturated rings. The third-order valence-corrected chi connectivity index (χ3v) is 4.56. The average Bonchev–Trinajstić information content (AvgIpc) is 2.82. The smallest absolute Gasteiger partial charge is 0.119 e. The van der Waals surface area contributed by atoms with Crippen LogP contribution in [0.1, 0.15) is 50.5 Å². The minimum Gasteiger partial charge on any atom is -0.491 e. The number of hydrogen-bond donors (Lipinski definition) is 0. The largest absolute Gasteiger partial charge is 0.491 e. The monoisotopic (exact) mass is 260 g/mol. The Hall–Kier alpha value is -1.02. The molecule has 1 saturated carbocycles. The molecule has 0 N–H and O–H groups in total. The molecule has 104 valence electrons. The third kappa shape index (κ3) is 3.11.